The van der Waals surface area contributed by atoms with Crippen molar-refractivity contribution in [3.05, 3.63) is 77.4 Å². The molecule has 0 bridgehead atoms. The Hall–Kier alpha value is -3.89. The summed E-state index contributed by atoms with van der Waals surface area (Å²) in [6.07, 6.45) is 0. The highest BCUT2D eigenvalue weighted by molar-refractivity contribution is 7.89. The van der Waals surface area contributed by atoms with Crippen molar-refractivity contribution in [3.63, 3.8) is 0 Å². The molecule has 1 N–H and O–H groups in total. The third kappa shape index (κ3) is 4.98. The van der Waals surface area contributed by atoms with Gasteiger partial charge < -0.3 is 19.5 Å². The normalized spacial score (nSPS) is 12.5. The summed E-state index contributed by atoms with van der Waals surface area (Å²) < 4.78 is 43.8. The Labute approximate surface area is 203 Å². The molecule has 35 heavy (non-hydrogen) atoms. The number of carbonyl (C=O) groups excluding carboxylic acids is 2. The summed E-state index contributed by atoms with van der Waals surface area (Å²) in [6, 6.07) is 16.3. The van der Waals surface area contributed by atoms with E-state index in [0.29, 0.717) is 11.5 Å². The quantitative estimate of drug-likeness (QED) is 0.474. The molecule has 0 atom stereocenters. The summed E-state index contributed by atoms with van der Waals surface area (Å²) in [7, 11) is -1.18. The molecule has 182 valence electrons. The fraction of sp³-hybridized carbons (Fsp3) is 0.200. The summed E-state index contributed by atoms with van der Waals surface area (Å²) in [5.74, 6) is 0.0302. The number of Topliss-reactive ketones (excluding diaryl/α,β-unsaturated/α-hetero) is 1. The Kier molecular flexibility index (Phi) is 6.77. The van der Waals surface area contributed by atoms with Crippen LogP contribution in [-0.2, 0) is 16.6 Å². The molecule has 0 fully saturated rings. The molecular formula is C25H24N2O7S. The molecule has 3 aromatic rings. The van der Waals surface area contributed by atoms with Crippen molar-refractivity contribution in [2.24, 2.45) is 0 Å². The first-order valence-corrected chi connectivity index (χ1v) is 12.1. The van der Waals surface area contributed by atoms with Crippen molar-refractivity contribution >= 4 is 27.4 Å². The Morgan fingerprint density at radius 1 is 1.03 bits per heavy atom. The number of carbonyl (C=O) groups is 2. The van der Waals surface area contributed by atoms with E-state index in [4.69, 9.17) is 14.2 Å². The van der Waals surface area contributed by atoms with Crippen molar-refractivity contribution in [2.75, 3.05) is 26.3 Å². The van der Waals surface area contributed by atoms with E-state index in [1.165, 1.54) is 55.7 Å². The van der Waals surface area contributed by atoms with Crippen LogP contribution in [-0.4, -0.2) is 45.4 Å². The molecule has 0 radical (unpaired) electrons. The number of amides is 1. The first-order chi connectivity index (χ1) is 16.7. The first kappa shape index (κ1) is 24.2. The number of hydrogen-bond acceptors (Lipinski definition) is 7. The molecular weight excluding hydrogens is 472 g/mol. The second-order valence-corrected chi connectivity index (χ2v) is 9.89. The lowest BCUT2D eigenvalue weighted by molar-refractivity contribution is 0.101. The van der Waals surface area contributed by atoms with Gasteiger partial charge in [0, 0.05) is 30.8 Å². The Bertz CT molecular complexity index is 1390. The summed E-state index contributed by atoms with van der Waals surface area (Å²) in [4.78, 5) is 25.1. The Morgan fingerprint density at radius 3 is 2.37 bits per heavy atom. The number of ketones is 1. The summed E-state index contributed by atoms with van der Waals surface area (Å²) in [5.41, 5.74) is 1.36. The van der Waals surface area contributed by atoms with Crippen molar-refractivity contribution < 1.29 is 32.2 Å². The maximum atomic E-state index is 13.4. The van der Waals surface area contributed by atoms with Gasteiger partial charge in [0.1, 0.15) is 10.6 Å². The number of benzene rings is 3. The van der Waals surface area contributed by atoms with E-state index in [-0.39, 0.29) is 46.6 Å². The van der Waals surface area contributed by atoms with Crippen molar-refractivity contribution in [1.82, 2.24) is 4.31 Å². The van der Waals surface area contributed by atoms with Gasteiger partial charge in [-0.05, 0) is 36.8 Å². The zero-order chi connectivity index (χ0) is 25.2. The Morgan fingerprint density at radius 2 is 1.71 bits per heavy atom. The zero-order valence-corrected chi connectivity index (χ0v) is 20.2. The minimum atomic E-state index is -4.00. The number of anilines is 1. The molecule has 0 unspecified atom stereocenters. The van der Waals surface area contributed by atoms with Crippen LogP contribution in [0.2, 0.25) is 0 Å². The minimum absolute atomic E-state index is 0.0142. The fourth-order valence-corrected chi connectivity index (χ4v) is 4.98. The van der Waals surface area contributed by atoms with Crippen LogP contribution in [0.4, 0.5) is 5.69 Å². The monoisotopic (exact) mass is 496 g/mol. The molecule has 4 rings (SSSR count). The highest BCUT2D eigenvalue weighted by atomic mass is 32.2. The third-order valence-corrected chi connectivity index (χ3v) is 7.33. The van der Waals surface area contributed by atoms with Crippen LogP contribution < -0.4 is 19.5 Å². The maximum Gasteiger partial charge on any atom is 0.255 e. The average Bonchev–Trinajstić information content (AvgIpc) is 3.31. The molecule has 0 aliphatic carbocycles. The zero-order valence-electron chi connectivity index (χ0n) is 19.4. The number of ether oxygens (including phenoxy) is 3. The van der Waals surface area contributed by atoms with Gasteiger partial charge in [0.2, 0.25) is 16.8 Å². The predicted octanol–water partition coefficient (Wildman–Crippen LogP) is 3.70. The van der Waals surface area contributed by atoms with Gasteiger partial charge in [-0.2, -0.15) is 4.31 Å². The number of rotatable bonds is 8. The van der Waals surface area contributed by atoms with E-state index >= 15 is 0 Å². The van der Waals surface area contributed by atoms with Crippen LogP contribution >= 0.6 is 0 Å². The molecule has 1 aliphatic rings. The predicted molar refractivity (Wildman–Crippen MR) is 129 cm³/mol. The summed E-state index contributed by atoms with van der Waals surface area (Å²) >= 11 is 0. The molecule has 3 aromatic carbocycles. The number of hydrogen-bond donors (Lipinski definition) is 1. The topological polar surface area (TPSA) is 111 Å². The smallest absolute Gasteiger partial charge is 0.255 e. The lowest BCUT2D eigenvalue weighted by Crippen LogP contribution is -2.27. The van der Waals surface area contributed by atoms with Gasteiger partial charge in [0.15, 0.2) is 17.3 Å². The number of nitrogens with one attached hydrogen (secondary N) is 1. The first-order valence-electron chi connectivity index (χ1n) is 10.6. The van der Waals surface area contributed by atoms with Gasteiger partial charge >= 0.3 is 0 Å². The number of methoxy groups -OCH3 is 1. The molecule has 0 saturated carbocycles. The molecule has 1 amide bonds. The average molecular weight is 497 g/mol. The van der Waals surface area contributed by atoms with E-state index < -0.39 is 15.9 Å². The molecule has 0 aromatic heterocycles. The van der Waals surface area contributed by atoms with Gasteiger partial charge in [0.05, 0.1) is 12.8 Å². The van der Waals surface area contributed by atoms with Crippen LogP contribution in [0.15, 0.2) is 65.6 Å². The van der Waals surface area contributed by atoms with Crippen LogP contribution in [0, 0.1) is 0 Å². The highest BCUT2D eigenvalue weighted by Crippen LogP contribution is 2.37. The van der Waals surface area contributed by atoms with E-state index in [0.717, 1.165) is 5.56 Å². The van der Waals surface area contributed by atoms with Crippen LogP contribution in [0.25, 0.3) is 0 Å². The molecule has 1 heterocycles. The Balaban J connectivity index is 1.65. The summed E-state index contributed by atoms with van der Waals surface area (Å²) in [6.45, 7) is 1.52. The van der Waals surface area contributed by atoms with Crippen LogP contribution in [0.1, 0.15) is 33.2 Å². The SMILES string of the molecule is COc1ccc(C(=O)Nc2cc3c(cc2C(C)=O)OCO3)cc1S(=O)(=O)N(C)Cc1ccccc1. The third-order valence-electron chi connectivity index (χ3n) is 5.50. The minimum Gasteiger partial charge on any atom is -0.495 e. The van der Waals surface area contributed by atoms with E-state index in [1.807, 2.05) is 30.3 Å². The molecule has 1 aliphatic heterocycles. The molecule has 9 nitrogen and oxygen atoms in total. The number of nitrogens with zero attached hydrogens (tertiary/aromatic N) is 1. The van der Waals surface area contributed by atoms with Gasteiger partial charge in [-0.15, -0.1) is 0 Å². The standard InChI is InChI=1S/C25H24N2O7S/c1-16(28)19-12-22-23(34-15-33-22)13-20(19)26-25(29)18-9-10-21(32-3)24(11-18)35(30,31)27(2)14-17-7-5-4-6-8-17/h4-13H,14-15H2,1-3H3,(H,26,29). The molecule has 10 heteroatoms. The molecule has 0 spiro atoms. The largest absolute Gasteiger partial charge is 0.495 e. The van der Waals surface area contributed by atoms with Crippen molar-refractivity contribution in [1.29, 1.82) is 0 Å². The second kappa shape index (κ2) is 9.77. The van der Waals surface area contributed by atoms with Gasteiger partial charge in [0.25, 0.3) is 5.91 Å². The van der Waals surface area contributed by atoms with Gasteiger partial charge in [-0.3, -0.25) is 9.59 Å². The van der Waals surface area contributed by atoms with E-state index in [9.17, 15) is 18.0 Å². The lowest BCUT2D eigenvalue weighted by atomic mass is 10.1. The second-order valence-electron chi connectivity index (χ2n) is 7.87. The number of sulfonamides is 1. The fourth-order valence-electron chi connectivity index (χ4n) is 3.64. The van der Waals surface area contributed by atoms with E-state index in [2.05, 4.69) is 5.32 Å². The van der Waals surface area contributed by atoms with E-state index in [1.54, 1.807) is 0 Å². The van der Waals surface area contributed by atoms with Crippen LogP contribution in [0.5, 0.6) is 17.2 Å². The highest BCUT2D eigenvalue weighted by Gasteiger charge is 2.27. The summed E-state index contributed by atoms with van der Waals surface area (Å²) in [5, 5.41) is 2.68. The van der Waals surface area contributed by atoms with Crippen molar-refractivity contribution in [3.8, 4) is 17.2 Å². The maximum absolute atomic E-state index is 13.4. The lowest BCUT2D eigenvalue weighted by Gasteiger charge is -2.19. The number of fused-ring (bicyclic) bond motifs is 1. The van der Waals surface area contributed by atoms with Gasteiger partial charge in [-0.1, -0.05) is 30.3 Å². The van der Waals surface area contributed by atoms with Gasteiger partial charge in [-0.25, -0.2) is 8.42 Å². The van der Waals surface area contributed by atoms with Crippen molar-refractivity contribution in [2.45, 2.75) is 18.4 Å². The molecule has 0 saturated heterocycles. The van der Waals surface area contributed by atoms with Crippen LogP contribution in [0.3, 0.4) is 0 Å².